The first-order valence-electron chi connectivity index (χ1n) is 7.56. The SMILES string of the molecule is CCNC(C)(CCCCOCC(CC)CC)C(=O)O. The molecule has 0 heterocycles. The van der Waals surface area contributed by atoms with Gasteiger partial charge in [-0.3, -0.25) is 4.79 Å². The lowest BCUT2D eigenvalue weighted by atomic mass is 9.95. The molecule has 2 N–H and O–H groups in total. The fourth-order valence-corrected chi connectivity index (χ4v) is 2.12. The van der Waals surface area contributed by atoms with Crippen LogP contribution in [0.5, 0.6) is 0 Å². The maximum atomic E-state index is 11.2. The Labute approximate surface area is 117 Å². The molecule has 0 aliphatic carbocycles. The van der Waals surface area contributed by atoms with Gasteiger partial charge in [-0.15, -0.1) is 0 Å². The maximum Gasteiger partial charge on any atom is 0.323 e. The number of carbonyl (C=O) groups is 1. The highest BCUT2D eigenvalue weighted by molar-refractivity contribution is 5.78. The van der Waals surface area contributed by atoms with Crippen molar-refractivity contribution in [2.45, 2.75) is 65.3 Å². The van der Waals surface area contributed by atoms with Crippen LogP contribution in [0.3, 0.4) is 0 Å². The van der Waals surface area contributed by atoms with Crippen LogP contribution in [0.1, 0.15) is 59.8 Å². The second-order valence-corrected chi connectivity index (χ2v) is 5.38. The molecule has 0 aromatic heterocycles. The predicted octanol–water partition coefficient (Wildman–Crippen LogP) is 3.06. The van der Waals surface area contributed by atoms with E-state index in [9.17, 15) is 9.90 Å². The van der Waals surface area contributed by atoms with Crippen LogP contribution in [0.25, 0.3) is 0 Å². The van der Waals surface area contributed by atoms with E-state index in [-0.39, 0.29) is 0 Å². The Balaban J connectivity index is 3.75. The summed E-state index contributed by atoms with van der Waals surface area (Å²) in [4.78, 5) is 11.2. The second-order valence-electron chi connectivity index (χ2n) is 5.38. The lowest BCUT2D eigenvalue weighted by Gasteiger charge is -2.25. The minimum absolute atomic E-state index is 0.643. The highest BCUT2D eigenvalue weighted by Gasteiger charge is 2.30. The van der Waals surface area contributed by atoms with Crippen molar-refractivity contribution in [3.63, 3.8) is 0 Å². The number of carboxylic acids is 1. The van der Waals surface area contributed by atoms with Crippen LogP contribution in [0, 0.1) is 5.92 Å². The van der Waals surface area contributed by atoms with Gasteiger partial charge in [-0.05, 0) is 38.6 Å². The topological polar surface area (TPSA) is 58.6 Å². The van der Waals surface area contributed by atoms with Crippen molar-refractivity contribution in [3.05, 3.63) is 0 Å². The normalized spacial score (nSPS) is 14.6. The molecule has 0 fully saturated rings. The minimum Gasteiger partial charge on any atom is -0.480 e. The lowest BCUT2D eigenvalue weighted by molar-refractivity contribution is -0.144. The van der Waals surface area contributed by atoms with E-state index in [0.717, 1.165) is 38.9 Å². The van der Waals surface area contributed by atoms with Gasteiger partial charge in [0.15, 0.2) is 0 Å². The van der Waals surface area contributed by atoms with Gasteiger partial charge < -0.3 is 15.2 Å². The monoisotopic (exact) mass is 273 g/mol. The van der Waals surface area contributed by atoms with Crippen molar-refractivity contribution in [2.24, 2.45) is 5.92 Å². The van der Waals surface area contributed by atoms with Gasteiger partial charge >= 0.3 is 5.97 Å². The first-order valence-corrected chi connectivity index (χ1v) is 7.56. The zero-order valence-electron chi connectivity index (χ0n) is 13.0. The predicted molar refractivity (Wildman–Crippen MR) is 78.5 cm³/mol. The molecular formula is C15H31NO3. The Morgan fingerprint density at radius 1 is 1.26 bits per heavy atom. The molecule has 4 heteroatoms. The summed E-state index contributed by atoms with van der Waals surface area (Å²) in [5.74, 6) is -0.113. The Hall–Kier alpha value is -0.610. The van der Waals surface area contributed by atoms with Crippen LogP contribution >= 0.6 is 0 Å². The quantitative estimate of drug-likeness (QED) is 0.537. The van der Waals surface area contributed by atoms with Gasteiger partial charge in [-0.2, -0.15) is 0 Å². The average molecular weight is 273 g/mol. The molecule has 0 bridgehead atoms. The number of hydrogen-bond acceptors (Lipinski definition) is 3. The number of aliphatic carboxylic acids is 1. The van der Waals surface area contributed by atoms with Crippen molar-refractivity contribution < 1.29 is 14.6 Å². The molecule has 0 saturated carbocycles. The van der Waals surface area contributed by atoms with E-state index < -0.39 is 11.5 Å². The number of likely N-dealkylation sites (N-methyl/N-ethyl adjacent to an activating group) is 1. The molecule has 0 aromatic carbocycles. The summed E-state index contributed by atoms with van der Waals surface area (Å²) >= 11 is 0. The number of ether oxygens (including phenoxy) is 1. The molecule has 1 atom stereocenters. The standard InChI is InChI=1S/C15H31NO3/c1-5-13(6-2)12-19-11-9-8-10-15(4,14(17)18)16-7-3/h13,16H,5-12H2,1-4H3,(H,17,18). The molecule has 19 heavy (non-hydrogen) atoms. The first-order chi connectivity index (χ1) is 9.00. The molecule has 1 unspecified atom stereocenters. The zero-order valence-corrected chi connectivity index (χ0v) is 13.0. The highest BCUT2D eigenvalue weighted by atomic mass is 16.5. The molecule has 0 amide bonds. The van der Waals surface area contributed by atoms with E-state index >= 15 is 0 Å². The van der Waals surface area contributed by atoms with E-state index in [2.05, 4.69) is 19.2 Å². The number of carboxylic acid groups (broad SMARTS) is 1. The molecular weight excluding hydrogens is 242 g/mol. The molecule has 0 aliphatic heterocycles. The van der Waals surface area contributed by atoms with Gasteiger partial charge in [0, 0.05) is 13.2 Å². The van der Waals surface area contributed by atoms with Gasteiger partial charge in [0.1, 0.15) is 5.54 Å². The third kappa shape index (κ3) is 7.53. The molecule has 114 valence electrons. The van der Waals surface area contributed by atoms with Gasteiger partial charge in [0.25, 0.3) is 0 Å². The summed E-state index contributed by atoms with van der Waals surface area (Å²) in [7, 11) is 0. The zero-order chi connectivity index (χ0) is 14.7. The molecule has 0 aliphatic rings. The molecule has 4 nitrogen and oxygen atoms in total. The average Bonchev–Trinajstić information content (AvgIpc) is 2.38. The summed E-state index contributed by atoms with van der Waals surface area (Å²) in [6, 6.07) is 0. The van der Waals surface area contributed by atoms with Gasteiger partial charge in [0.2, 0.25) is 0 Å². The van der Waals surface area contributed by atoms with Crippen LogP contribution in [0.4, 0.5) is 0 Å². The van der Waals surface area contributed by atoms with Crippen LogP contribution in [-0.2, 0) is 9.53 Å². The van der Waals surface area contributed by atoms with E-state index in [4.69, 9.17) is 4.74 Å². The fraction of sp³-hybridized carbons (Fsp3) is 0.933. The Morgan fingerprint density at radius 2 is 1.89 bits per heavy atom. The summed E-state index contributed by atoms with van der Waals surface area (Å²) in [5, 5.41) is 12.3. The summed E-state index contributed by atoms with van der Waals surface area (Å²) in [5.41, 5.74) is -0.801. The van der Waals surface area contributed by atoms with Crippen molar-refractivity contribution in [2.75, 3.05) is 19.8 Å². The van der Waals surface area contributed by atoms with Crippen LogP contribution in [-0.4, -0.2) is 36.4 Å². The third-order valence-electron chi connectivity index (χ3n) is 3.76. The maximum absolute atomic E-state index is 11.2. The Morgan fingerprint density at radius 3 is 2.37 bits per heavy atom. The van der Waals surface area contributed by atoms with Gasteiger partial charge in [0.05, 0.1) is 0 Å². The van der Waals surface area contributed by atoms with Crippen LogP contribution in [0.2, 0.25) is 0 Å². The molecule has 0 aromatic rings. The molecule has 0 spiro atoms. The van der Waals surface area contributed by atoms with Gasteiger partial charge in [-0.25, -0.2) is 0 Å². The minimum atomic E-state index is -0.801. The van der Waals surface area contributed by atoms with Crippen LogP contribution in [0.15, 0.2) is 0 Å². The number of rotatable bonds is 12. The van der Waals surface area contributed by atoms with E-state index in [1.807, 2.05) is 6.92 Å². The molecule has 0 rings (SSSR count). The fourth-order valence-electron chi connectivity index (χ4n) is 2.12. The van der Waals surface area contributed by atoms with E-state index in [1.165, 1.54) is 0 Å². The van der Waals surface area contributed by atoms with E-state index in [1.54, 1.807) is 6.92 Å². The Kier molecular flexibility index (Phi) is 9.88. The number of hydrogen-bond donors (Lipinski definition) is 2. The number of unbranched alkanes of at least 4 members (excludes halogenated alkanes) is 1. The van der Waals surface area contributed by atoms with Crippen molar-refractivity contribution >= 4 is 5.97 Å². The van der Waals surface area contributed by atoms with Crippen molar-refractivity contribution in [1.29, 1.82) is 0 Å². The van der Waals surface area contributed by atoms with Crippen molar-refractivity contribution in [3.8, 4) is 0 Å². The summed E-state index contributed by atoms with van der Waals surface area (Å²) in [6.45, 7) is 10.3. The largest absolute Gasteiger partial charge is 0.480 e. The summed E-state index contributed by atoms with van der Waals surface area (Å²) < 4.78 is 5.64. The van der Waals surface area contributed by atoms with Crippen LogP contribution < -0.4 is 5.32 Å². The molecule has 0 saturated heterocycles. The first kappa shape index (κ1) is 18.4. The smallest absolute Gasteiger partial charge is 0.323 e. The van der Waals surface area contributed by atoms with Gasteiger partial charge in [-0.1, -0.05) is 33.6 Å². The Bertz CT molecular complexity index is 242. The number of nitrogens with one attached hydrogen (secondary N) is 1. The third-order valence-corrected chi connectivity index (χ3v) is 3.76. The second kappa shape index (κ2) is 10.2. The molecule has 0 radical (unpaired) electrons. The lowest BCUT2D eigenvalue weighted by Crippen LogP contribution is -2.49. The van der Waals surface area contributed by atoms with Crippen molar-refractivity contribution in [1.82, 2.24) is 5.32 Å². The summed E-state index contributed by atoms with van der Waals surface area (Å²) in [6.07, 6.45) is 4.76. The van der Waals surface area contributed by atoms with E-state index in [0.29, 0.717) is 18.9 Å². The highest BCUT2D eigenvalue weighted by Crippen LogP contribution is 2.14.